The Kier molecular flexibility index (Phi) is 9.38. The lowest BCUT2D eigenvalue weighted by molar-refractivity contribution is -0.198. The fourth-order valence-corrected chi connectivity index (χ4v) is 7.47. The largest absolute Gasteiger partial charge is 0.461 e. The van der Waals surface area contributed by atoms with Crippen LogP contribution in [0.2, 0.25) is 5.02 Å². The van der Waals surface area contributed by atoms with Gasteiger partial charge in [-0.2, -0.15) is 28.2 Å². The molecule has 4 heterocycles. The van der Waals surface area contributed by atoms with Gasteiger partial charge in [-0.15, -0.1) is 0 Å². The normalized spacial score (nSPS) is 19.9. The monoisotopic (exact) mass is 709 g/mol. The zero-order valence-corrected chi connectivity index (χ0v) is 28.4. The Morgan fingerprint density at radius 2 is 1.76 bits per heavy atom. The molecule has 2 aromatic heterocycles. The van der Waals surface area contributed by atoms with E-state index in [0.29, 0.717) is 48.2 Å². The number of hydrogen-bond donors (Lipinski definition) is 2. The Morgan fingerprint density at radius 1 is 1.04 bits per heavy atom. The zero-order valence-electron chi connectivity index (χ0n) is 27.6. The highest BCUT2D eigenvalue weighted by atomic mass is 35.5. The molecule has 3 fully saturated rings. The van der Waals surface area contributed by atoms with Crippen molar-refractivity contribution in [1.29, 1.82) is 0 Å². The van der Waals surface area contributed by atoms with Gasteiger partial charge in [-0.1, -0.05) is 35.9 Å². The fraction of sp³-hybridized carbons (Fsp3) is 0.444. The van der Waals surface area contributed by atoms with E-state index in [-0.39, 0.29) is 46.6 Å². The maximum absolute atomic E-state index is 14.9. The number of piperidine rings is 1. The lowest BCUT2D eigenvalue weighted by Gasteiger charge is -2.39. The molecule has 3 aliphatic rings. The van der Waals surface area contributed by atoms with Crippen LogP contribution in [0.15, 0.2) is 60.8 Å². The molecule has 50 heavy (non-hydrogen) atoms. The minimum Gasteiger partial charge on any atom is -0.461 e. The summed E-state index contributed by atoms with van der Waals surface area (Å²) in [5, 5.41) is 8.33. The third-order valence-electron chi connectivity index (χ3n) is 10.1. The molecule has 7 rings (SSSR count). The first-order chi connectivity index (χ1) is 23.9. The molecule has 2 saturated heterocycles. The summed E-state index contributed by atoms with van der Waals surface area (Å²) in [5.74, 6) is -0.285. The van der Waals surface area contributed by atoms with Gasteiger partial charge in [0.15, 0.2) is 0 Å². The van der Waals surface area contributed by atoms with Gasteiger partial charge in [0.1, 0.15) is 18.0 Å². The molecule has 0 radical (unpaired) electrons. The maximum atomic E-state index is 14.9. The summed E-state index contributed by atoms with van der Waals surface area (Å²) in [7, 11) is 0. The summed E-state index contributed by atoms with van der Waals surface area (Å²) in [6.07, 6.45) is 0.696. The highest BCUT2D eigenvalue weighted by Crippen LogP contribution is 2.43. The molecule has 1 aliphatic carbocycles. The van der Waals surface area contributed by atoms with E-state index in [1.165, 1.54) is 16.8 Å². The van der Waals surface area contributed by atoms with Crippen LogP contribution in [0.25, 0.3) is 16.8 Å². The van der Waals surface area contributed by atoms with E-state index in [9.17, 15) is 18.0 Å². The van der Waals surface area contributed by atoms with Crippen LogP contribution in [0.4, 0.5) is 24.9 Å². The van der Waals surface area contributed by atoms with Crippen LogP contribution in [0, 0.1) is 12.3 Å². The number of alkyl halides is 3. The number of nitrogens with zero attached hydrogens (tertiary/aromatic N) is 5. The van der Waals surface area contributed by atoms with E-state index in [2.05, 4.69) is 20.4 Å². The Bertz CT molecular complexity index is 1840. The number of ether oxygens (including phenoxy) is 2. The van der Waals surface area contributed by atoms with Gasteiger partial charge in [-0.05, 0) is 92.7 Å². The summed E-state index contributed by atoms with van der Waals surface area (Å²) < 4.78 is 57.5. The highest BCUT2D eigenvalue weighted by Gasteiger charge is 2.46. The molecule has 14 heteroatoms. The highest BCUT2D eigenvalue weighted by molar-refractivity contribution is 6.30. The van der Waals surface area contributed by atoms with Gasteiger partial charge in [0.2, 0.25) is 17.9 Å². The number of aryl methyl sites for hydroxylation is 1. The number of nitrogens with one attached hydrogen (secondary N) is 1. The lowest BCUT2D eigenvalue weighted by atomic mass is 9.76. The van der Waals surface area contributed by atoms with Crippen molar-refractivity contribution in [2.75, 3.05) is 30.3 Å². The summed E-state index contributed by atoms with van der Waals surface area (Å²) in [5.41, 5.74) is 8.13. The topological polar surface area (TPSA) is 120 Å². The minimum atomic E-state index is -4.82. The van der Waals surface area contributed by atoms with Gasteiger partial charge >= 0.3 is 12.1 Å². The van der Waals surface area contributed by atoms with Crippen LogP contribution in [-0.2, 0) is 9.53 Å². The molecule has 4 aromatic rings. The predicted octanol–water partition coefficient (Wildman–Crippen LogP) is 6.99. The fourth-order valence-electron chi connectivity index (χ4n) is 7.34. The second-order valence-electron chi connectivity index (χ2n) is 13.6. The summed E-state index contributed by atoms with van der Waals surface area (Å²) >= 11 is 6.07. The first kappa shape index (κ1) is 34.1. The van der Waals surface area contributed by atoms with Crippen LogP contribution in [0.1, 0.15) is 62.3 Å². The average Bonchev–Trinajstić information content (AvgIpc) is 3.86. The quantitative estimate of drug-likeness (QED) is 0.187. The number of hydrogen-bond acceptors (Lipinski definition) is 9. The Balaban J connectivity index is 1.10. The molecule has 1 spiro atoms. The second-order valence-corrected chi connectivity index (χ2v) is 14.0. The van der Waals surface area contributed by atoms with Crippen LogP contribution in [-0.4, -0.2) is 63.7 Å². The van der Waals surface area contributed by atoms with E-state index in [0.717, 1.165) is 44.1 Å². The van der Waals surface area contributed by atoms with Crippen molar-refractivity contribution in [3.8, 4) is 22.7 Å². The van der Waals surface area contributed by atoms with Gasteiger partial charge in [-0.3, -0.25) is 4.79 Å². The Hall–Kier alpha value is -4.36. The Labute approximate surface area is 293 Å². The van der Waals surface area contributed by atoms with Crippen molar-refractivity contribution in [3.05, 3.63) is 77.1 Å². The van der Waals surface area contributed by atoms with Crippen molar-refractivity contribution in [1.82, 2.24) is 25.1 Å². The van der Waals surface area contributed by atoms with Gasteiger partial charge in [0.25, 0.3) is 0 Å². The summed E-state index contributed by atoms with van der Waals surface area (Å²) in [4.78, 5) is 23.2. The van der Waals surface area contributed by atoms with Crippen molar-refractivity contribution < 1.29 is 27.4 Å². The van der Waals surface area contributed by atoms with E-state index < -0.39 is 12.3 Å². The SMILES string of the molecule is Cc1ccn(-c2cc(-c3ccc(Cl)cc3)ccc2C(Oc2cc(N3CCC4(CC3)CN[C@H](C(=O)OC3CCCC3)C4)nc(N)n2)C(F)(F)F)n1. The molecular weight excluding hydrogens is 671 g/mol. The molecule has 2 atom stereocenters. The molecule has 10 nitrogen and oxygen atoms in total. The van der Waals surface area contributed by atoms with Crippen molar-refractivity contribution in [3.63, 3.8) is 0 Å². The second kappa shape index (κ2) is 13.7. The van der Waals surface area contributed by atoms with Crippen molar-refractivity contribution >= 4 is 29.3 Å². The number of carbonyl (C=O) groups is 1. The molecule has 1 unspecified atom stereocenters. The first-order valence-corrected chi connectivity index (χ1v) is 17.3. The molecule has 0 bridgehead atoms. The van der Waals surface area contributed by atoms with Crippen molar-refractivity contribution in [2.24, 2.45) is 5.41 Å². The number of anilines is 2. The first-order valence-electron chi connectivity index (χ1n) is 16.9. The lowest BCUT2D eigenvalue weighted by Crippen LogP contribution is -2.41. The van der Waals surface area contributed by atoms with E-state index in [1.807, 2.05) is 4.90 Å². The molecule has 2 aromatic carbocycles. The molecule has 3 N–H and O–H groups in total. The number of nitrogen functional groups attached to an aromatic ring is 1. The number of nitrogens with two attached hydrogens (primary N) is 1. The van der Waals surface area contributed by atoms with Crippen LogP contribution < -0.4 is 20.7 Å². The van der Waals surface area contributed by atoms with Gasteiger partial charge in [-0.25, -0.2) is 4.68 Å². The molecule has 2 aliphatic heterocycles. The molecule has 264 valence electrons. The van der Waals surface area contributed by atoms with Crippen molar-refractivity contribution in [2.45, 2.75) is 76.3 Å². The molecule has 1 saturated carbocycles. The van der Waals surface area contributed by atoms with E-state index in [4.69, 9.17) is 26.8 Å². The van der Waals surface area contributed by atoms with Gasteiger partial charge in [0.05, 0.1) is 11.4 Å². The van der Waals surface area contributed by atoms with E-state index in [1.54, 1.807) is 55.6 Å². The third-order valence-corrected chi connectivity index (χ3v) is 10.3. The summed E-state index contributed by atoms with van der Waals surface area (Å²) in [6, 6.07) is 14.5. The van der Waals surface area contributed by atoms with Gasteiger partial charge < -0.3 is 25.4 Å². The smallest absolute Gasteiger partial charge is 0.429 e. The number of carbonyl (C=O) groups excluding carboxylic acids is 1. The van der Waals surface area contributed by atoms with E-state index >= 15 is 0 Å². The molecular formula is C36H39ClF3N7O3. The number of aromatic nitrogens is 4. The maximum Gasteiger partial charge on any atom is 0.429 e. The number of rotatable bonds is 8. The number of benzene rings is 2. The average molecular weight is 710 g/mol. The van der Waals surface area contributed by atoms with Gasteiger partial charge in [0, 0.05) is 42.5 Å². The minimum absolute atomic E-state index is 0.0225. The Morgan fingerprint density at radius 3 is 2.44 bits per heavy atom. The summed E-state index contributed by atoms with van der Waals surface area (Å²) in [6.45, 7) is 3.63. The molecule has 0 amide bonds. The van der Waals surface area contributed by atoms with Crippen LogP contribution >= 0.6 is 11.6 Å². The van der Waals surface area contributed by atoms with Crippen LogP contribution in [0.5, 0.6) is 5.88 Å². The predicted molar refractivity (Wildman–Crippen MR) is 183 cm³/mol. The zero-order chi connectivity index (χ0) is 35.0. The number of esters is 1. The third kappa shape index (κ3) is 7.39. The standard InChI is InChI=1S/C36H39ClF3N7O3/c1-22-12-15-47(45-22)29-18-24(23-6-9-25(37)10-7-23)8-11-27(29)32(36(38,39)40)50-31-19-30(43-34(41)44-31)46-16-13-35(14-17-46)20-28(42-21-35)33(48)49-26-4-2-3-5-26/h6-12,15,18-19,26,28,32,42H,2-5,13-14,16-17,20-21H2,1H3,(H2,41,43,44)/t28-,32?/m0/s1. The number of halogens is 4. The van der Waals surface area contributed by atoms with Crippen LogP contribution in [0.3, 0.4) is 0 Å².